The van der Waals surface area contributed by atoms with Crippen LogP contribution in [0.15, 0.2) is 24.3 Å². The van der Waals surface area contributed by atoms with Crippen LogP contribution in [-0.4, -0.2) is 21.1 Å². The number of aromatic amines is 1. The molecule has 1 aromatic carbocycles. The van der Waals surface area contributed by atoms with Crippen molar-refractivity contribution in [2.75, 3.05) is 5.32 Å². The number of benzene rings is 1. The van der Waals surface area contributed by atoms with Gasteiger partial charge >= 0.3 is 0 Å². The molecule has 0 aliphatic heterocycles. The summed E-state index contributed by atoms with van der Waals surface area (Å²) in [6, 6.07) is 7.55. The second-order valence-electron chi connectivity index (χ2n) is 6.42. The normalized spacial score (nSPS) is 20.6. The summed E-state index contributed by atoms with van der Waals surface area (Å²) in [6.45, 7) is 2.59. The van der Waals surface area contributed by atoms with Gasteiger partial charge in [-0.15, -0.1) is 0 Å². The van der Waals surface area contributed by atoms with Crippen LogP contribution in [0.25, 0.3) is 11.4 Å². The maximum absolute atomic E-state index is 12.1. The fourth-order valence-electron chi connectivity index (χ4n) is 3.20. The van der Waals surface area contributed by atoms with Gasteiger partial charge in [0.05, 0.1) is 6.54 Å². The summed E-state index contributed by atoms with van der Waals surface area (Å²) < 4.78 is 0. The zero-order chi connectivity index (χ0) is 16.2. The molecule has 0 radical (unpaired) electrons. The SMILES string of the molecule is CC1CCC(CC(=O)Nc2ccc(-c3n[nH]c(CN)n3)cc2)C1. The van der Waals surface area contributed by atoms with Crippen molar-refractivity contribution in [3.63, 3.8) is 0 Å². The molecule has 1 aromatic heterocycles. The monoisotopic (exact) mass is 313 g/mol. The van der Waals surface area contributed by atoms with E-state index in [1.807, 2.05) is 24.3 Å². The molecule has 0 bridgehead atoms. The number of nitrogens with one attached hydrogen (secondary N) is 2. The van der Waals surface area contributed by atoms with Crippen LogP contribution >= 0.6 is 0 Å². The van der Waals surface area contributed by atoms with E-state index in [-0.39, 0.29) is 5.91 Å². The minimum absolute atomic E-state index is 0.0974. The van der Waals surface area contributed by atoms with Crippen molar-refractivity contribution < 1.29 is 4.79 Å². The minimum Gasteiger partial charge on any atom is -0.326 e. The zero-order valence-electron chi connectivity index (χ0n) is 13.4. The molecule has 23 heavy (non-hydrogen) atoms. The number of carbonyl (C=O) groups is 1. The standard InChI is InChI=1S/C17H23N5O/c1-11-2-3-12(8-11)9-16(23)19-14-6-4-13(5-7-14)17-20-15(10-18)21-22-17/h4-7,11-12H,2-3,8-10,18H2,1H3,(H,19,23)(H,20,21,22). The van der Waals surface area contributed by atoms with Crippen LogP contribution in [-0.2, 0) is 11.3 Å². The van der Waals surface area contributed by atoms with Gasteiger partial charge in [0, 0.05) is 17.7 Å². The molecule has 0 spiro atoms. The number of H-pyrrole nitrogens is 1. The largest absolute Gasteiger partial charge is 0.326 e. The molecule has 1 fully saturated rings. The van der Waals surface area contributed by atoms with E-state index in [1.54, 1.807) is 0 Å². The van der Waals surface area contributed by atoms with Crippen molar-refractivity contribution in [2.24, 2.45) is 17.6 Å². The first-order valence-corrected chi connectivity index (χ1v) is 8.15. The second kappa shape index (κ2) is 6.91. The van der Waals surface area contributed by atoms with Gasteiger partial charge in [-0.05, 0) is 48.9 Å². The van der Waals surface area contributed by atoms with Crippen LogP contribution in [0.3, 0.4) is 0 Å². The third kappa shape index (κ3) is 3.96. The average Bonchev–Trinajstić information content (AvgIpc) is 3.17. The molecule has 4 N–H and O–H groups in total. The van der Waals surface area contributed by atoms with Crippen LogP contribution < -0.4 is 11.1 Å². The van der Waals surface area contributed by atoms with E-state index in [2.05, 4.69) is 27.4 Å². The van der Waals surface area contributed by atoms with Gasteiger partial charge in [0.15, 0.2) is 5.82 Å². The number of rotatable bonds is 5. The van der Waals surface area contributed by atoms with Gasteiger partial charge in [-0.2, -0.15) is 5.10 Å². The highest BCUT2D eigenvalue weighted by Crippen LogP contribution is 2.32. The zero-order valence-corrected chi connectivity index (χ0v) is 13.4. The topological polar surface area (TPSA) is 96.7 Å². The number of amides is 1. The van der Waals surface area contributed by atoms with Gasteiger partial charge in [-0.3, -0.25) is 9.89 Å². The molecule has 6 nitrogen and oxygen atoms in total. The van der Waals surface area contributed by atoms with E-state index in [1.165, 1.54) is 19.3 Å². The van der Waals surface area contributed by atoms with Gasteiger partial charge in [-0.1, -0.05) is 13.3 Å². The van der Waals surface area contributed by atoms with Gasteiger partial charge in [0.1, 0.15) is 5.82 Å². The van der Waals surface area contributed by atoms with Crippen molar-refractivity contribution in [1.82, 2.24) is 15.2 Å². The predicted molar refractivity (Wildman–Crippen MR) is 89.5 cm³/mol. The maximum atomic E-state index is 12.1. The van der Waals surface area contributed by atoms with Crippen molar-refractivity contribution in [1.29, 1.82) is 0 Å². The molecular weight excluding hydrogens is 290 g/mol. The second-order valence-corrected chi connectivity index (χ2v) is 6.42. The van der Waals surface area contributed by atoms with Crippen LogP contribution in [0.1, 0.15) is 38.4 Å². The summed E-state index contributed by atoms with van der Waals surface area (Å²) in [5, 5.41) is 9.88. The summed E-state index contributed by atoms with van der Waals surface area (Å²) in [5.74, 6) is 2.66. The van der Waals surface area contributed by atoms with Crippen LogP contribution in [0.5, 0.6) is 0 Å². The van der Waals surface area contributed by atoms with E-state index in [4.69, 9.17) is 5.73 Å². The molecule has 1 heterocycles. The smallest absolute Gasteiger partial charge is 0.224 e. The quantitative estimate of drug-likeness (QED) is 0.790. The molecule has 1 amide bonds. The fraction of sp³-hybridized carbons (Fsp3) is 0.471. The summed E-state index contributed by atoms with van der Waals surface area (Å²) in [7, 11) is 0. The van der Waals surface area contributed by atoms with Gasteiger partial charge in [-0.25, -0.2) is 4.98 Å². The Morgan fingerprint density at radius 3 is 2.74 bits per heavy atom. The third-order valence-electron chi connectivity index (χ3n) is 4.43. The Kier molecular flexibility index (Phi) is 4.71. The maximum Gasteiger partial charge on any atom is 0.224 e. The summed E-state index contributed by atoms with van der Waals surface area (Å²) in [6.07, 6.45) is 4.20. The van der Waals surface area contributed by atoms with Gasteiger partial charge in [0.2, 0.25) is 5.91 Å². The molecule has 0 saturated heterocycles. The Balaban J connectivity index is 1.57. The molecule has 122 valence electrons. The Bertz CT molecular complexity index is 664. The number of nitrogens with two attached hydrogens (primary N) is 1. The first-order valence-electron chi connectivity index (χ1n) is 8.15. The predicted octanol–water partition coefficient (Wildman–Crippen LogP) is 2.70. The highest BCUT2D eigenvalue weighted by molar-refractivity contribution is 5.91. The fourth-order valence-corrected chi connectivity index (χ4v) is 3.20. The first kappa shape index (κ1) is 15.7. The molecule has 2 aromatic rings. The van der Waals surface area contributed by atoms with Crippen LogP contribution in [0, 0.1) is 11.8 Å². The third-order valence-corrected chi connectivity index (χ3v) is 4.43. The van der Waals surface area contributed by atoms with Gasteiger partial charge < -0.3 is 11.1 Å². The lowest BCUT2D eigenvalue weighted by Crippen LogP contribution is -2.15. The van der Waals surface area contributed by atoms with Crippen LogP contribution in [0.4, 0.5) is 5.69 Å². The van der Waals surface area contributed by atoms with Gasteiger partial charge in [0.25, 0.3) is 0 Å². The summed E-state index contributed by atoms with van der Waals surface area (Å²) >= 11 is 0. The Hall–Kier alpha value is -2.21. The molecule has 3 rings (SSSR count). The number of hydrogen-bond acceptors (Lipinski definition) is 4. The number of anilines is 1. The van der Waals surface area contributed by atoms with E-state index in [0.29, 0.717) is 30.5 Å². The lowest BCUT2D eigenvalue weighted by molar-refractivity contribution is -0.117. The highest BCUT2D eigenvalue weighted by atomic mass is 16.1. The number of carbonyl (C=O) groups excluding carboxylic acids is 1. The number of hydrogen-bond donors (Lipinski definition) is 3. The Morgan fingerprint density at radius 2 is 2.13 bits per heavy atom. The summed E-state index contributed by atoms with van der Waals surface area (Å²) in [5.41, 5.74) is 7.21. The molecule has 2 unspecified atom stereocenters. The molecule has 1 aliphatic rings. The molecular formula is C17H23N5O. The lowest BCUT2D eigenvalue weighted by atomic mass is 10.0. The number of aromatic nitrogens is 3. The Labute approximate surface area is 135 Å². The van der Waals surface area contributed by atoms with Crippen molar-refractivity contribution in [3.05, 3.63) is 30.1 Å². The van der Waals surface area contributed by atoms with Crippen molar-refractivity contribution >= 4 is 11.6 Å². The molecule has 1 aliphatic carbocycles. The highest BCUT2D eigenvalue weighted by Gasteiger charge is 2.23. The first-order chi connectivity index (χ1) is 11.1. The Morgan fingerprint density at radius 1 is 1.35 bits per heavy atom. The van der Waals surface area contributed by atoms with Crippen LogP contribution in [0.2, 0.25) is 0 Å². The van der Waals surface area contributed by atoms with E-state index in [9.17, 15) is 4.79 Å². The lowest BCUT2D eigenvalue weighted by Gasteiger charge is -2.10. The van der Waals surface area contributed by atoms with Crippen molar-refractivity contribution in [2.45, 2.75) is 39.2 Å². The number of nitrogens with zero attached hydrogens (tertiary/aromatic N) is 2. The summed E-state index contributed by atoms with van der Waals surface area (Å²) in [4.78, 5) is 16.4. The minimum atomic E-state index is 0.0974. The van der Waals surface area contributed by atoms with E-state index >= 15 is 0 Å². The van der Waals surface area contributed by atoms with E-state index in [0.717, 1.165) is 17.2 Å². The van der Waals surface area contributed by atoms with Crippen molar-refractivity contribution in [3.8, 4) is 11.4 Å². The average molecular weight is 313 g/mol. The molecule has 6 heteroatoms. The molecule has 2 atom stereocenters. The van der Waals surface area contributed by atoms with E-state index < -0.39 is 0 Å². The molecule has 1 saturated carbocycles.